The molecule has 0 saturated heterocycles. The van der Waals surface area contributed by atoms with Crippen LogP contribution in [0.4, 0.5) is 27.8 Å². The summed E-state index contributed by atoms with van der Waals surface area (Å²) in [5, 5.41) is 42.2. The van der Waals surface area contributed by atoms with Gasteiger partial charge >= 0.3 is 17.5 Å². The molecular weight excluding hydrogens is 1040 g/mol. The minimum atomic E-state index is -2.80. The standard InChI is InChI=1S/C51H20F4N8O7S4/c52-29-11-25-27(13-31(29)54)38(64)36(33(25)23(15-56)16-57)60-49-62-45-42(73-49)35-41(71-45)43-40(70-51(35,47(66)68-19-21-7-3-1-4-8-21)48(67)69-20-22-9-5-2-6-10-22)44-46(72-43)63-50(74-44)61-37-34(24(17-58)18-59)26-12-30(53)32(55)14-28(26)39(37)65/h1-14,36H,19-20H2,(H,60,62). The van der Waals surface area contributed by atoms with Crippen LogP contribution in [0, 0.1) is 68.6 Å². The Hall–Kier alpha value is -9.23. The van der Waals surface area contributed by atoms with Gasteiger partial charge in [0, 0.05) is 27.8 Å². The van der Waals surface area contributed by atoms with Crippen LogP contribution in [0.1, 0.15) is 48.5 Å². The average molecular weight is 1060 g/mol. The predicted molar refractivity (Wildman–Crippen MR) is 261 cm³/mol. The molecule has 3 aliphatic rings. The lowest BCUT2D eigenvalue weighted by molar-refractivity contribution is -0.183. The predicted octanol–water partition coefficient (Wildman–Crippen LogP) is 10.6. The van der Waals surface area contributed by atoms with E-state index in [2.05, 4.69) is 15.3 Å². The molecule has 0 amide bonds. The molecule has 4 aromatic heterocycles. The maximum atomic E-state index is 15.2. The Morgan fingerprint density at radius 1 is 0.676 bits per heavy atom. The minimum Gasteiger partial charge on any atom is -0.457 e. The van der Waals surface area contributed by atoms with Crippen LogP contribution in [0.5, 0.6) is 5.75 Å². The van der Waals surface area contributed by atoms with Gasteiger partial charge in [-0.2, -0.15) is 21.0 Å². The molecule has 23 heteroatoms. The first-order valence-corrected chi connectivity index (χ1v) is 24.6. The van der Waals surface area contributed by atoms with Crippen molar-refractivity contribution < 1.29 is 51.0 Å². The number of halogens is 4. The van der Waals surface area contributed by atoms with E-state index in [4.69, 9.17) is 19.2 Å². The van der Waals surface area contributed by atoms with E-state index in [0.29, 0.717) is 34.2 Å². The number of benzene rings is 4. The summed E-state index contributed by atoms with van der Waals surface area (Å²) >= 11 is 3.69. The molecule has 5 heterocycles. The summed E-state index contributed by atoms with van der Waals surface area (Å²) in [5.74, 6) is -9.61. The Morgan fingerprint density at radius 2 is 1.22 bits per heavy atom. The number of ketones is 2. The van der Waals surface area contributed by atoms with E-state index in [1.54, 1.807) is 84.9 Å². The van der Waals surface area contributed by atoms with Crippen molar-refractivity contribution in [1.29, 1.82) is 21.0 Å². The summed E-state index contributed by atoms with van der Waals surface area (Å²) in [6.07, 6.45) is 0. The first-order valence-electron chi connectivity index (χ1n) is 21.3. The number of anilines is 1. The number of thiazole rings is 2. The molecule has 0 saturated carbocycles. The van der Waals surface area contributed by atoms with Crippen LogP contribution in [0.25, 0.3) is 40.0 Å². The summed E-state index contributed by atoms with van der Waals surface area (Å²) < 4.78 is 77.1. The molecule has 2 aliphatic carbocycles. The quantitative estimate of drug-likeness (QED) is 0.0612. The van der Waals surface area contributed by atoms with Gasteiger partial charge in [0.1, 0.15) is 74.8 Å². The monoisotopic (exact) mass is 1060 g/mol. The van der Waals surface area contributed by atoms with Gasteiger partial charge in [0.2, 0.25) is 10.9 Å². The van der Waals surface area contributed by atoms with E-state index in [0.717, 1.165) is 51.4 Å². The summed E-state index contributed by atoms with van der Waals surface area (Å²) in [4.78, 5) is 72.7. The van der Waals surface area contributed by atoms with Crippen molar-refractivity contribution in [2.45, 2.75) is 24.9 Å². The number of hydrogen-bond donors (Lipinski definition) is 1. The van der Waals surface area contributed by atoms with Gasteiger partial charge in [-0.3, -0.25) is 9.59 Å². The van der Waals surface area contributed by atoms with E-state index in [1.165, 1.54) is 0 Å². The molecule has 11 rings (SSSR count). The van der Waals surface area contributed by atoms with Crippen LogP contribution in [0.2, 0.25) is 0 Å². The van der Waals surface area contributed by atoms with E-state index in [1.807, 2.05) is 0 Å². The number of esters is 2. The van der Waals surface area contributed by atoms with Crippen LogP contribution in [-0.2, 0) is 37.9 Å². The topological polar surface area (TPSA) is 241 Å². The number of thiophene rings is 2. The maximum Gasteiger partial charge on any atom is 0.367 e. The molecule has 358 valence electrons. The number of carbonyl (C=O) groups excluding carboxylic acids is 4. The molecule has 1 atom stereocenters. The highest BCUT2D eigenvalue weighted by molar-refractivity contribution is 7.35. The number of Topliss-reactive ketones (excluding diaryl/α,β-unsaturated/α-hetero) is 2. The Morgan fingerprint density at radius 3 is 1.81 bits per heavy atom. The van der Waals surface area contributed by atoms with E-state index < -0.39 is 75.3 Å². The molecule has 8 aromatic rings. The van der Waals surface area contributed by atoms with E-state index in [9.17, 15) is 48.2 Å². The van der Waals surface area contributed by atoms with Crippen molar-refractivity contribution in [1.82, 2.24) is 9.97 Å². The van der Waals surface area contributed by atoms with Gasteiger partial charge in [0.15, 0.2) is 39.9 Å². The zero-order valence-corrected chi connectivity index (χ0v) is 40.0. The molecule has 15 nitrogen and oxygen atoms in total. The maximum absolute atomic E-state index is 15.2. The van der Waals surface area contributed by atoms with Crippen LogP contribution >= 0.6 is 45.3 Å². The van der Waals surface area contributed by atoms with Crippen LogP contribution in [0.15, 0.2) is 101 Å². The molecule has 1 N–H and O–H groups in total. The molecule has 0 bridgehead atoms. The molecule has 4 aromatic carbocycles. The van der Waals surface area contributed by atoms with E-state index >= 15 is 9.59 Å². The largest absolute Gasteiger partial charge is 0.457 e. The zero-order chi connectivity index (χ0) is 51.7. The molecule has 74 heavy (non-hydrogen) atoms. The second kappa shape index (κ2) is 18.1. The number of nitriles is 4. The number of hydrogen-bond acceptors (Lipinski definition) is 19. The van der Waals surface area contributed by atoms with Crippen molar-refractivity contribution >= 4 is 115 Å². The highest BCUT2D eigenvalue weighted by atomic mass is 32.1. The third kappa shape index (κ3) is 7.41. The number of rotatable bonds is 9. The number of allylic oxidation sites excluding steroid dienone is 3. The smallest absolute Gasteiger partial charge is 0.367 e. The second-order valence-electron chi connectivity index (χ2n) is 16.1. The number of aliphatic imine (C=N–C) groups is 1. The number of nitrogens with zero attached hydrogens (tertiary/aromatic N) is 7. The van der Waals surface area contributed by atoms with Crippen LogP contribution in [0.3, 0.4) is 0 Å². The number of carbonyl (C=O) groups is 4. The highest BCUT2D eigenvalue weighted by Gasteiger charge is 2.60. The third-order valence-corrected chi connectivity index (χ3v) is 16.4. The fourth-order valence-corrected chi connectivity index (χ4v) is 13.4. The summed E-state index contributed by atoms with van der Waals surface area (Å²) in [5.41, 5.74) is -5.09. The normalized spacial score (nSPS) is 15.3. The molecule has 0 radical (unpaired) electrons. The third-order valence-electron chi connectivity index (χ3n) is 11.9. The van der Waals surface area contributed by atoms with Gasteiger partial charge in [-0.05, 0) is 41.0 Å². The number of fused-ring (bicyclic) bond motifs is 9. The first-order chi connectivity index (χ1) is 35.8. The molecule has 0 spiro atoms. The molecular formula is C51H20F4N8O7S4. The SMILES string of the molecule is N#CC(C#N)=C1C(=Nc2nc3sc4c(c3s2)OC(C(=O)OCc2ccccc2)(C(=O)OCc2ccccc2)c2c-4sc3nc(NC4C(=O)c5cc(F)c(F)cc5C4=C(C#N)C#N)sc23)C(=O)c2cc(F)c(F)cc21. The Bertz CT molecular complexity index is 4050. The Balaban J connectivity index is 1.08. The van der Waals surface area contributed by atoms with Crippen molar-refractivity contribution in [2.24, 2.45) is 4.99 Å². The molecule has 0 fully saturated rings. The summed E-state index contributed by atoms with van der Waals surface area (Å²) in [6.45, 7) is -0.700. The highest BCUT2D eigenvalue weighted by Crippen LogP contribution is 2.61. The van der Waals surface area contributed by atoms with Crippen molar-refractivity contribution in [3.8, 4) is 39.8 Å². The molecule has 1 aliphatic heterocycles. The van der Waals surface area contributed by atoms with Crippen LogP contribution in [-0.4, -0.2) is 45.2 Å². The number of nitrogens with one attached hydrogen (secondary N) is 1. The summed E-state index contributed by atoms with van der Waals surface area (Å²) in [6, 6.07) is 25.0. The van der Waals surface area contributed by atoms with Gasteiger partial charge < -0.3 is 19.5 Å². The lowest BCUT2D eigenvalue weighted by Gasteiger charge is -2.33. The second-order valence-corrected chi connectivity index (χ2v) is 20.1. The van der Waals surface area contributed by atoms with Gasteiger partial charge in [-0.25, -0.2) is 42.1 Å². The summed E-state index contributed by atoms with van der Waals surface area (Å²) in [7, 11) is 0. The first kappa shape index (κ1) is 47.1. The Kier molecular flexibility index (Phi) is 11.5. The lowest BCUT2D eigenvalue weighted by Crippen LogP contribution is -2.52. The van der Waals surface area contributed by atoms with Gasteiger partial charge in [-0.15, -0.1) is 22.7 Å². The van der Waals surface area contributed by atoms with Gasteiger partial charge in [-0.1, -0.05) is 83.3 Å². The fourth-order valence-electron chi connectivity index (χ4n) is 8.60. The Labute approximate surface area is 428 Å². The zero-order valence-electron chi connectivity index (χ0n) is 36.7. The van der Waals surface area contributed by atoms with Crippen molar-refractivity contribution in [3.05, 3.63) is 158 Å². The minimum absolute atomic E-state index is 0.0417. The van der Waals surface area contributed by atoms with Gasteiger partial charge in [0.05, 0.1) is 20.0 Å². The van der Waals surface area contributed by atoms with Gasteiger partial charge in [0.25, 0.3) is 0 Å². The van der Waals surface area contributed by atoms with Crippen LogP contribution < -0.4 is 10.1 Å². The van der Waals surface area contributed by atoms with Crippen molar-refractivity contribution in [2.75, 3.05) is 5.32 Å². The number of aromatic nitrogens is 2. The fraction of sp³-hybridized carbons (Fsp3) is 0.0784. The molecule has 1 unspecified atom stereocenters. The van der Waals surface area contributed by atoms with Crippen molar-refractivity contribution in [3.63, 3.8) is 0 Å². The average Bonchev–Trinajstić information content (AvgIpc) is 4.27. The lowest BCUT2D eigenvalue weighted by atomic mass is 9.91. The number of ether oxygens (including phenoxy) is 3. The van der Waals surface area contributed by atoms with E-state index in [-0.39, 0.29) is 92.1 Å².